The van der Waals surface area contributed by atoms with E-state index in [0.717, 1.165) is 0 Å². The van der Waals surface area contributed by atoms with Gasteiger partial charge in [0.25, 0.3) is 5.69 Å². The molecule has 0 spiro atoms. The number of hydrogen-bond donors (Lipinski definition) is 0. The van der Waals surface area contributed by atoms with Crippen LogP contribution < -0.4 is 4.74 Å². The molecule has 0 atom stereocenters. The Balaban J connectivity index is 3.05. The lowest BCUT2D eigenvalue weighted by Gasteiger charge is -2.12. The molecule has 0 amide bonds. The van der Waals surface area contributed by atoms with Crippen LogP contribution in [0.1, 0.15) is 5.56 Å². The highest BCUT2D eigenvalue weighted by molar-refractivity contribution is 5.39. The first-order valence-electron chi connectivity index (χ1n) is 4.69. The van der Waals surface area contributed by atoms with Crippen molar-refractivity contribution in [3.8, 4) is 5.88 Å². The molecule has 6 nitrogen and oxygen atoms in total. The average molecular weight is 266 g/mol. The van der Waals surface area contributed by atoms with Crippen LogP contribution >= 0.6 is 0 Å². The largest absolute Gasteiger partial charge is 0.475 e. The summed E-state index contributed by atoms with van der Waals surface area (Å²) in [5.41, 5.74) is -2.03. The molecule has 0 N–H and O–H groups in total. The van der Waals surface area contributed by atoms with E-state index in [1.54, 1.807) is 0 Å². The Labute approximate surface area is 99.5 Å². The van der Waals surface area contributed by atoms with E-state index in [-0.39, 0.29) is 13.2 Å². The first-order chi connectivity index (χ1) is 8.36. The van der Waals surface area contributed by atoms with Crippen LogP contribution in [0.5, 0.6) is 5.88 Å². The molecule has 0 aromatic carbocycles. The Kier molecular flexibility index (Phi) is 4.43. The van der Waals surface area contributed by atoms with E-state index in [0.29, 0.717) is 12.3 Å². The lowest BCUT2D eigenvalue weighted by molar-refractivity contribution is -0.385. The maximum Gasteiger partial charge on any atom is 0.421 e. The maximum absolute atomic E-state index is 12.6. The average Bonchev–Trinajstić information content (AvgIpc) is 2.28. The third-order valence-corrected chi connectivity index (χ3v) is 1.88. The molecule has 9 heteroatoms. The van der Waals surface area contributed by atoms with Crippen molar-refractivity contribution in [2.45, 2.75) is 6.18 Å². The van der Waals surface area contributed by atoms with Gasteiger partial charge in [0.1, 0.15) is 18.4 Å². The number of nitrogens with zero attached hydrogens (tertiary/aromatic N) is 2. The van der Waals surface area contributed by atoms with Crippen LogP contribution in [-0.4, -0.2) is 30.2 Å². The second-order valence-corrected chi connectivity index (χ2v) is 3.14. The zero-order valence-corrected chi connectivity index (χ0v) is 9.23. The van der Waals surface area contributed by atoms with E-state index < -0.39 is 28.2 Å². The number of nitro groups is 1. The summed E-state index contributed by atoms with van der Waals surface area (Å²) >= 11 is 0. The molecule has 18 heavy (non-hydrogen) atoms. The lowest BCUT2D eigenvalue weighted by atomic mass is 10.2. The Bertz CT molecular complexity index is 436. The fourth-order valence-electron chi connectivity index (χ4n) is 1.08. The van der Waals surface area contributed by atoms with Crippen LogP contribution in [0.2, 0.25) is 0 Å². The monoisotopic (exact) mass is 266 g/mol. The number of methoxy groups -OCH3 is 1. The van der Waals surface area contributed by atoms with Crippen LogP contribution in [0, 0.1) is 10.1 Å². The summed E-state index contributed by atoms with van der Waals surface area (Å²) in [4.78, 5) is 12.7. The fraction of sp³-hybridized carbons (Fsp3) is 0.444. The highest BCUT2D eigenvalue weighted by Gasteiger charge is 2.37. The first-order valence-corrected chi connectivity index (χ1v) is 4.69. The van der Waals surface area contributed by atoms with Crippen molar-refractivity contribution >= 4 is 5.69 Å². The Morgan fingerprint density at radius 1 is 1.44 bits per heavy atom. The van der Waals surface area contributed by atoms with Crippen molar-refractivity contribution in [2.75, 3.05) is 20.3 Å². The van der Waals surface area contributed by atoms with Gasteiger partial charge in [-0.25, -0.2) is 4.98 Å². The van der Waals surface area contributed by atoms with Crippen LogP contribution in [0.3, 0.4) is 0 Å². The van der Waals surface area contributed by atoms with Crippen molar-refractivity contribution in [1.82, 2.24) is 4.98 Å². The van der Waals surface area contributed by atoms with E-state index in [2.05, 4.69) is 9.72 Å². The van der Waals surface area contributed by atoms with Crippen LogP contribution in [0.15, 0.2) is 12.3 Å². The second-order valence-electron chi connectivity index (χ2n) is 3.14. The summed E-state index contributed by atoms with van der Waals surface area (Å²) in [7, 11) is 1.36. The zero-order chi connectivity index (χ0) is 13.8. The molecule has 1 heterocycles. The van der Waals surface area contributed by atoms with E-state index in [9.17, 15) is 23.3 Å². The fourth-order valence-corrected chi connectivity index (χ4v) is 1.08. The molecule has 0 aliphatic rings. The predicted octanol–water partition coefficient (Wildman–Crippen LogP) is 2.03. The second kappa shape index (κ2) is 5.63. The molecule has 1 aromatic heterocycles. The Hall–Kier alpha value is -1.90. The minimum Gasteiger partial charge on any atom is -0.475 e. The molecule has 0 aliphatic heterocycles. The van der Waals surface area contributed by atoms with E-state index in [4.69, 9.17) is 4.74 Å². The normalized spacial score (nSPS) is 11.3. The highest BCUT2D eigenvalue weighted by atomic mass is 19.4. The van der Waals surface area contributed by atoms with Crippen LogP contribution in [0.4, 0.5) is 18.9 Å². The van der Waals surface area contributed by atoms with E-state index in [1.807, 2.05) is 0 Å². The molecule has 0 saturated heterocycles. The van der Waals surface area contributed by atoms with Crippen molar-refractivity contribution in [1.29, 1.82) is 0 Å². The maximum atomic E-state index is 12.6. The number of ether oxygens (including phenoxy) is 2. The zero-order valence-electron chi connectivity index (χ0n) is 9.23. The van der Waals surface area contributed by atoms with Crippen molar-refractivity contribution in [2.24, 2.45) is 0 Å². The quantitative estimate of drug-likeness (QED) is 0.463. The molecular formula is C9H9F3N2O4. The lowest BCUT2D eigenvalue weighted by Crippen LogP contribution is -2.13. The molecule has 0 bridgehead atoms. The van der Waals surface area contributed by atoms with Crippen LogP contribution in [-0.2, 0) is 10.9 Å². The van der Waals surface area contributed by atoms with Gasteiger partial charge in [0.15, 0.2) is 0 Å². The van der Waals surface area contributed by atoms with Gasteiger partial charge in [-0.05, 0) is 0 Å². The number of hydrogen-bond acceptors (Lipinski definition) is 5. The molecule has 0 aliphatic carbocycles. The van der Waals surface area contributed by atoms with Gasteiger partial charge in [-0.15, -0.1) is 0 Å². The minimum atomic E-state index is -4.78. The number of halogens is 3. The highest BCUT2D eigenvalue weighted by Crippen LogP contribution is 2.36. The standard InChI is InChI=1S/C9H9F3N2O4/c1-17-2-3-18-8-7(9(10,11)12)4-6(5-13-8)14(15)16/h4-5H,2-3H2,1H3. The van der Waals surface area contributed by atoms with Gasteiger partial charge in [0.05, 0.1) is 11.5 Å². The summed E-state index contributed by atoms with van der Waals surface area (Å²) in [6.07, 6.45) is -4.07. The topological polar surface area (TPSA) is 74.5 Å². The van der Waals surface area contributed by atoms with Gasteiger partial charge in [0.2, 0.25) is 5.88 Å². The minimum absolute atomic E-state index is 0.0793. The molecule has 0 fully saturated rings. The van der Waals surface area contributed by atoms with E-state index in [1.165, 1.54) is 7.11 Å². The van der Waals surface area contributed by atoms with Gasteiger partial charge < -0.3 is 9.47 Å². The number of rotatable bonds is 5. The van der Waals surface area contributed by atoms with Crippen molar-refractivity contribution < 1.29 is 27.6 Å². The van der Waals surface area contributed by atoms with E-state index >= 15 is 0 Å². The Morgan fingerprint density at radius 3 is 2.61 bits per heavy atom. The SMILES string of the molecule is COCCOc1ncc([N+](=O)[O-])cc1C(F)(F)F. The number of aromatic nitrogens is 1. The van der Waals surface area contributed by atoms with Crippen molar-refractivity contribution in [3.63, 3.8) is 0 Å². The third kappa shape index (κ3) is 3.55. The summed E-state index contributed by atoms with van der Waals surface area (Å²) in [6, 6.07) is 0.384. The first kappa shape index (κ1) is 14.2. The van der Waals surface area contributed by atoms with Crippen LogP contribution in [0.25, 0.3) is 0 Å². The molecule has 0 radical (unpaired) electrons. The molecule has 0 unspecified atom stereocenters. The summed E-state index contributed by atoms with van der Waals surface area (Å²) < 4.78 is 47.3. The van der Waals surface area contributed by atoms with Gasteiger partial charge in [-0.3, -0.25) is 10.1 Å². The van der Waals surface area contributed by atoms with Crippen molar-refractivity contribution in [3.05, 3.63) is 27.9 Å². The molecule has 0 saturated carbocycles. The molecule has 100 valence electrons. The smallest absolute Gasteiger partial charge is 0.421 e. The summed E-state index contributed by atoms with van der Waals surface area (Å²) in [6.45, 7) is -0.0552. The van der Waals surface area contributed by atoms with Gasteiger partial charge in [-0.2, -0.15) is 13.2 Å². The third-order valence-electron chi connectivity index (χ3n) is 1.88. The summed E-state index contributed by atoms with van der Waals surface area (Å²) in [5.74, 6) is -0.704. The summed E-state index contributed by atoms with van der Waals surface area (Å²) in [5, 5.41) is 10.4. The number of pyridine rings is 1. The predicted molar refractivity (Wildman–Crippen MR) is 53.3 cm³/mol. The number of alkyl halides is 3. The molecular weight excluding hydrogens is 257 g/mol. The van der Waals surface area contributed by atoms with Gasteiger partial charge in [-0.1, -0.05) is 0 Å². The van der Waals surface area contributed by atoms with Gasteiger partial charge in [0, 0.05) is 13.2 Å². The van der Waals surface area contributed by atoms with Gasteiger partial charge >= 0.3 is 6.18 Å². The Morgan fingerprint density at radius 2 is 2.11 bits per heavy atom. The molecule has 1 aromatic rings. The molecule has 1 rings (SSSR count).